The molecule has 6 nitrogen and oxygen atoms in total. The second-order valence-corrected chi connectivity index (χ2v) is 4.77. The molecule has 0 fully saturated rings. The monoisotopic (exact) mass is 284 g/mol. The zero-order valence-electron chi connectivity index (χ0n) is 11.9. The topological polar surface area (TPSA) is 86.1 Å². The summed E-state index contributed by atoms with van der Waals surface area (Å²) in [5.74, 6) is 1.87. The molecular formula is C15H16N4O2. The molecule has 0 aliphatic carbocycles. The lowest BCUT2D eigenvalue weighted by Crippen LogP contribution is -1.99. The second-order valence-electron chi connectivity index (χ2n) is 4.77. The minimum absolute atomic E-state index is 0.437. The van der Waals surface area contributed by atoms with Crippen molar-refractivity contribution in [3.63, 3.8) is 0 Å². The molecule has 0 atom stereocenters. The minimum Gasteiger partial charge on any atom is -0.489 e. The summed E-state index contributed by atoms with van der Waals surface area (Å²) < 4.78 is 10.9. The van der Waals surface area contributed by atoms with E-state index in [1.54, 1.807) is 13.3 Å². The predicted octanol–water partition coefficient (Wildman–Crippen LogP) is 2.44. The van der Waals surface area contributed by atoms with Crippen LogP contribution in [0.25, 0.3) is 10.9 Å². The van der Waals surface area contributed by atoms with Crippen molar-refractivity contribution in [3.8, 4) is 11.6 Å². The molecule has 3 aromatic rings. The highest BCUT2D eigenvalue weighted by Gasteiger charge is 2.05. The molecule has 6 heteroatoms. The number of nitrogens with one attached hydrogen (secondary N) is 1. The number of benzene rings is 1. The highest BCUT2D eigenvalue weighted by Crippen LogP contribution is 2.23. The molecule has 0 saturated carbocycles. The van der Waals surface area contributed by atoms with Crippen molar-refractivity contribution in [2.45, 2.75) is 13.5 Å². The zero-order valence-corrected chi connectivity index (χ0v) is 11.9. The van der Waals surface area contributed by atoms with Crippen molar-refractivity contribution in [1.82, 2.24) is 15.2 Å². The molecule has 2 aromatic heterocycles. The van der Waals surface area contributed by atoms with Crippen molar-refractivity contribution < 1.29 is 9.47 Å². The van der Waals surface area contributed by atoms with Crippen LogP contribution in [0.4, 0.5) is 5.82 Å². The van der Waals surface area contributed by atoms with Crippen LogP contribution in [0.5, 0.6) is 11.6 Å². The molecule has 0 bridgehead atoms. The number of anilines is 1. The summed E-state index contributed by atoms with van der Waals surface area (Å²) in [5, 5.41) is 7.72. The Morgan fingerprint density at radius 1 is 1.29 bits per heavy atom. The second kappa shape index (κ2) is 5.32. The Balaban J connectivity index is 1.75. The smallest absolute Gasteiger partial charge is 0.215 e. The number of nitrogen functional groups attached to an aromatic ring is 1. The third-order valence-corrected chi connectivity index (χ3v) is 3.25. The molecule has 2 heterocycles. The summed E-state index contributed by atoms with van der Waals surface area (Å²) in [4.78, 5) is 4.23. The first-order chi connectivity index (χ1) is 10.2. The lowest BCUT2D eigenvalue weighted by Gasteiger charge is -2.08. The van der Waals surface area contributed by atoms with Crippen molar-refractivity contribution in [3.05, 3.63) is 41.6 Å². The normalized spacial score (nSPS) is 10.8. The van der Waals surface area contributed by atoms with Gasteiger partial charge in [-0.25, -0.2) is 4.98 Å². The number of aromatic amines is 1. The first kappa shape index (κ1) is 13.2. The molecule has 3 N–H and O–H groups in total. The Bertz CT molecular complexity index is 782. The predicted molar refractivity (Wildman–Crippen MR) is 80.4 cm³/mol. The number of pyridine rings is 1. The van der Waals surface area contributed by atoms with E-state index in [1.807, 2.05) is 31.2 Å². The van der Waals surface area contributed by atoms with Gasteiger partial charge in [-0.3, -0.25) is 5.10 Å². The van der Waals surface area contributed by atoms with E-state index in [4.69, 9.17) is 15.2 Å². The summed E-state index contributed by atoms with van der Waals surface area (Å²) in [6, 6.07) is 7.64. The van der Waals surface area contributed by atoms with E-state index in [1.165, 1.54) is 0 Å². The van der Waals surface area contributed by atoms with E-state index in [0.29, 0.717) is 18.3 Å². The largest absolute Gasteiger partial charge is 0.489 e. The molecule has 0 saturated heterocycles. The van der Waals surface area contributed by atoms with Crippen LogP contribution >= 0.6 is 0 Å². The van der Waals surface area contributed by atoms with E-state index in [9.17, 15) is 0 Å². The number of nitrogens with zero attached hydrogens (tertiary/aromatic N) is 2. The van der Waals surface area contributed by atoms with Gasteiger partial charge in [0.25, 0.3) is 0 Å². The van der Waals surface area contributed by atoms with Gasteiger partial charge < -0.3 is 15.2 Å². The number of hydrogen-bond acceptors (Lipinski definition) is 5. The van der Waals surface area contributed by atoms with Gasteiger partial charge in [-0.15, -0.1) is 0 Å². The van der Waals surface area contributed by atoms with E-state index >= 15 is 0 Å². The van der Waals surface area contributed by atoms with Gasteiger partial charge in [-0.1, -0.05) is 0 Å². The van der Waals surface area contributed by atoms with E-state index in [-0.39, 0.29) is 0 Å². The average molecular weight is 284 g/mol. The van der Waals surface area contributed by atoms with Crippen molar-refractivity contribution in [2.75, 3.05) is 12.8 Å². The summed E-state index contributed by atoms with van der Waals surface area (Å²) >= 11 is 0. The van der Waals surface area contributed by atoms with Crippen LogP contribution in [-0.2, 0) is 6.61 Å². The number of rotatable bonds is 4. The quantitative estimate of drug-likeness (QED) is 0.768. The summed E-state index contributed by atoms with van der Waals surface area (Å²) in [6.45, 7) is 2.39. The molecule has 0 amide bonds. The fraction of sp³-hybridized carbons (Fsp3) is 0.200. The molecule has 0 spiro atoms. The molecule has 0 unspecified atom stereocenters. The number of nitrogens with two attached hydrogens (primary N) is 1. The fourth-order valence-electron chi connectivity index (χ4n) is 2.19. The van der Waals surface area contributed by atoms with Crippen LogP contribution < -0.4 is 15.2 Å². The highest BCUT2D eigenvalue weighted by atomic mass is 16.5. The summed E-state index contributed by atoms with van der Waals surface area (Å²) in [7, 11) is 1.61. The molecule has 1 aromatic carbocycles. The van der Waals surface area contributed by atoms with E-state index in [2.05, 4.69) is 15.2 Å². The van der Waals surface area contributed by atoms with Gasteiger partial charge in [-0.05, 0) is 25.1 Å². The maximum atomic E-state index is 5.77. The van der Waals surface area contributed by atoms with Crippen LogP contribution in [-0.4, -0.2) is 22.3 Å². The summed E-state index contributed by atoms with van der Waals surface area (Å²) in [6.07, 6.45) is 1.75. The minimum atomic E-state index is 0.437. The number of methoxy groups -OCH3 is 1. The third-order valence-electron chi connectivity index (χ3n) is 3.25. The third kappa shape index (κ3) is 2.60. The number of hydrogen-bond donors (Lipinski definition) is 2. The lowest BCUT2D eigenvalue weighted by molar-refractivity contribution is 0.305. The van der Waals surface area contributed by atoms with Crippen molar-refractivity contribution in [1.29, 1.82) is 0 Å². The molecule has 108 valence electrons. The van der Waals surface area contributed by atoms with Crippen LogP contribution in [0.1, 0.15) is 11.1 Å². The Hall–Kier alpha value is -2.76. The van der Waals surface area contributed by atoms with Gasteiger partial charge in [0.05, 0.1) is 12.6 Å². The van der Waals surface area contributed by atoms with E-state index < -0.39 is 0 Å². The average Bonchev–Trinajstić information content (AvgIpc) is 2.86. The number of ether oxygens (including phenoxy) is 2. The SMILES string of the molecule is COc1ncc(COc2ccc3c(N)n[nH]c3c2)cc1C. The molecule has 0 aliphatic rings. The summed E-state index contributed by atoms with van der Waals surface area (Å²) in [5.41, 5.74) is 8.55. The van der Waals surface area contributed by atoms with E-state index in [0.717, 1.165) is 27.8 Å². The first-order valence-corrected chi connectivity index (χ1v) is 6.53. The van der Waals surface area contributed by atoms with Gasteiger partial charge >= 0.3 is 0 Å². The van der Waals surface area contributed by atoms with Crippen molar-refractivity contribution in [2.24, 2.45) is 0 Å². The number of H-pyrrole nitrogens is 1. The van der Waals surface area contributed by atoms with Crippen LogP contribution in [0, 0.1) is 6.92 Å². The van der Waals surface area contributed by atoms with Crippen molar-refractivity contribution >= 4 is 16.7 Å². The maximum absolute atomic E-state index is 5.77. The van der Waals surface area contributed by atoms with Crippen LogP contribution in [0.15, 0.2) is 30.5 Å². The van der Waals surface area contributed by atoms with Gasteiger partial charge in [0.1, 0.15) is 12.4 Å². The number of fused-ring (bicyclic) bond motifs is 1. The Labute approximate surface area is 121 Å². The standard InChI is InChI=1S/C15H16N4O2/c1-9-5-10(7-17-15(9)20-2)8-21-11-3-4-12-13(6-11)18-19-14(12)16/h3-7H,8H2,1-2H3,(H3,16,18,19). The molecule has 0 radical (unpaired) electrons. The lowest BCUT2D eigenvalue weighted by atomic mass is 10.2. The molecule has 21 heavy (non-hydrogen) atoms. The van der Waals surface area contributed by atoms with Gasteiger partial charge in [0.2, 0.25) is 5.88 Å². The maximum Gasteiger partial charge on any atom is 0.215 e. The Morgan fingerprint density at radius 2 is 2.14 bits per heavy atom. The number of aryl methyl sites for hydroxylation is 1. The van der Waals surface area contributed by atoms with Crippen LogP contribution in [0.2, 0.25) is 0 Å². The highest BCUT2D eigenvalue weighted by molar-refractivity contribution is 5.89. The van der Waals surface area contributed by atoms with Crippen LogP contribution in [0.3, 0.4) is 0 Å². The molecule has 3 rings (SSSR count). The van der Waals surface area contributed by atoms with Gasteiger partial charge in [0, 0.05) is 28.8 Å². The van der Waals surface area contributed by atoms with Gasteiger partial charge in [0.15, 0.2) is 5.82 Å². The Kier molecular flexibility index (Phi) is 3.35. The zero-order chi connectivity index (χ0) is 14.8. The Morgan fingerprint density at radius 3 is 2.90 bits per heavy atom. The molecular weight excluding hydrogens is 268 g/mol. The number of aromatic nitrogens is 3. The fourth-order valence-corrected chi connectivity index (χ4v) is 2.19. The van der Waals surface area contributed by atoms with Gasteiger partial charge in [-0.2, -0.15) is 5.10 Å². The first-order valence-electron chi connectivity index (χ1n) is 6.53. The molecule has 0 aliphatic heterocycles.